The summed E-state index contributed by atoms with van der Waals surface area (Å²) in [5.41, 5.74) is 13.3. The van der Waals surface area contributed by atoms with E-state index in [1.165, 1.54) is 10.8 Å². The number of hydrogen-bond acceptors (Lipinski definition) is 4. The molecule has 0 atom stereocenters. The van der Waals surface area contributed by atoms with Gasteiger partial charge in [0.25, 0.3) is 0 Å². The lowest BCUT2D eigenvalue weighted by Crippen LogP contribution is -2.40. The third kappa shape index (κ3) is 3.58. The molecule has 1 aliphatic carbocycles. The molecule has 0 amide bonds. The van der Waals surface area contributed by atoms with Crippen molar-refractivity contribution in [2.75, 3.05) is 0 Å². The average molecular weight is 361 g/mol. The van der Waals surface area contributed by atoms with Gasteiger partial charge >= 0.3 is 6.18 Å². The number of hydrogen-bond donors (Lipinski definition) is 3. The number of nitrogens with one attached hydrogen (secondary N) is 1. The minimum absolute atomic E-state index is 0.102. The van der Waals surface area contributed by atoms with Crippen molar-refractivity contribution in [3.05, 3.63) is 65.5 Å². The van der Waals surface area contributed by atoms with E-state index in [-0.39, 0.29) is 11.7 Å². The lowest BCUT2D eigenvalue weighted by Gasteiger charge is -2.15. The van der Waals surface area contributed by atoms with Crippen molar-refractivity contribution in [2.24, 2.45) is 16.5 Å². The Morgan fingerprint density at radius 2 is 2.08 bits per heavy atom. The molecular formula is C18H18F3N5. The Morgan fingerprint density at radius 1 is 1.31 bits per heavy atom. The molecule has 136 valence electrons. The lowest BCUT2D eigenvalue weighted by molar-refractivity contribution is -0.141. The van der Waals surface area contributed by atoms with E-state index in [0.717, 1.165) is 5.57 Å². The topological polar surface area (TPSA) is 81.4 Å². The van der Waals surface area contributed by atoms with Gasteiger partial charge in [0.05, 0.1) is 16.4 Å². The van der Waals surface area contributed by atoms with E-state index in [0.29, 0.717) is 28.4 Å². The molecular weight excluding hydrogens is 343 g/mol. The van der Waals surface area contributed by atoms with Crippen molar-refractivity contribution in [1.82, 2.24) is 9.88 Å². The van der Waals surface area contributed by atoms with E-state index in [1.807, 2.05) is 12.2 Å². The number of allylic oxidation sites excluding steroid dienone is 4. The SMILES string of the molecule is C=C(N)c1cc(=C2C=CN=C(N)N2)n(CC(F)(F)F)c1=C1C=CC=CC1. The highest BCUT2D eigenvalue weighted by atomic mass is 19.4. The number of alkyl halides is 3. The molecule has 5 N–H and O–H groups in total. The standard InChI is InChI=1S/C18H18F3N5/c1-11(22)13-9-15(14-7-8-24-17(23)25-14)26(10-18(19,20)21)16(13)12-5-3-2-4-6-12/h2-5,7-9H,1,6,10,22H2,(H3,23,24,25). The van der Waals surface area contributed by atoms with Crippen molar-refractivity contribution in [2.45, 2.75) is 19.1 Å². The molecule has 8 heteroatoms. The van der Waals surface area contributed by atoms with E-state index in [1.54, 1.807) is 24.3 Å². The van der Waals surface area contributed by atoms with Crippen molar-refractivity contribution in [3.8, 4) is 0 Å². The number of guanidine groups is 1. The molecule has 1 aromatic rings. The summed E-state index contributed by atoms with van der Waals surface area (Å²) in [5, 5.41) is 3.51. The van der Waals surface area contributed by atoms with Gasteiger partial charge in [-0.1, -0.05) is 30.9 Å². The van der Waals surface area contributed by atoms with Gasteiger partial charge in [-0.05, 0) is 24.1 Å². The first-order chi connectivity index (χ1) is 12.3. The Labute approximate surface area is 147 Å². The Morgan fingerprint density at radius 3 is 2.65 bits per heavy atom. The van der Waals surface area contributed by atoms with E-state index >= 15 is 0 Å². The molecule has 1 aliphatic heterocycles. The molecule has 1 aromatic heterocycles. The predicted molar refractivity (Wildman–Crippen MR) is 96.6 cm³/mol. The third-order valence-electron chi connectivity index (χ3n) is 3.96. The fourth-order valence-corrected chi connectivity index (χ4v) is 2.95. The summed E-state index contributed by atoms with van der Waals surface area (Å²) in [6, 6.07) is 1.59. The van der Waals surface area contributed by atoms with Gasteiger partial charge in [0, 0.05) is 17.5 Å². The zero-order valence-corrected chi connectivity index (χ0v) is 13.8. The number of halogens is 3. The highest BCUT2D eigenvalue weighted by Gasteiger charge is 2.30. The monoisotopic (exact) mass is 361 g/mol. The minimum Gasteiger partial charge on any atom is -0.399 e. The molecule has 0 saturated carbocycles. The second kappa shape index (κ2) is 6.62. The zero-order valence-electron chi connectivity index (χ0n) is 13.8. The maximum atomic E-state index is 13.3. The maximum absolute atomic E-state index is 13.3. The quantitative estimate of drug-likeness (QED) is 0.740. The fraction of sp³-hybridized carbons (Fsp3) is 0.167. The molecule has 0 aromatic carbocycles. The van der Waals surface area contributed by atoms with Crippen LogP contribution in [0.15, 0.2) is 54.2 Å². The van der Waals surface area contributed by atoms with Crippen LogP contribution in [0.2, 0.25) is 0 Å². The molecule has 5 nitrogen and oxygen atoms in total. The van der Waals surface area contributed by atoms with E-state index in [4.69, 9.17) is 11.5 Å². The van der Waals surface area contributed by atoms with E-state index in [2.05, 4.69) is 16.9 Å². The van der Waals surface area contributed by atoms with Gasteiger partial charge in [-0.2, -0.15) is 13.2 Å². The van der Waals surface area contributed by atoms with Crippen LogP contribution in [0, 0.1) is 0 Å². The molecule has 0 spiro atoms. The Hall–Kier alpha value is -3.16. The van der Waals surface area contributed by atoms with Crippen LogP contribution in [0.1, 0.15) is 12.0 Å². The van der Waals surface area contributed by atoms with Crippen molar-refractivity contribution in [3.63, 3.8) is 0 Å². The van der Waals surface area contributed by atoms with Gasteiger partial charge in [0.15, 0.2) is 5.96 Å². The first-order valence-electron chi connectivity index (χ1n) is 7.85. The molecule has 0 unspecified atom stereocenters. The van der Waals surface area contributed by atoms with Gasteiger partial charge in [0.1, 0.15) is 6.54 Å². The van der Waals surface area contributed by atoms with Gasteiger partial charge in [-0.15, -0.1) is 0 Å². The second-order valence-electron chi connectivity index (χ2n) is 5.90. The molecule has 0 radical (unpaired) electrons. The largest absolute Gasteiger partial charge is 0.406 e. The van der Waals surface area contributed by atoms with Crippen LogP contribution in [0.4, 0.5) is 13.2 Å². The summed E-state index contributed by atoms with van der Waals surface area (Å²) in [7, 11) is 0. The number of aliphatic imine (C=N–C) groups is 1. The first-order valence-corrected chi connectivity index (χ1v) is 7.85. The number of rotatable bonds is 2. The zero-order chi connectivity index (χ0) is 18.9. The summed E-state index contributed by atoms with van der Waals surface area (Å²) in [6.45, 7) is 2.56. The maximum Gasteiger partial charge on any atom is 0.406 e. The second-order valence-corrected chi connectivity index (χ2v) is 5.90. The summed E-state index contributed by atoms with van der Waals surface area (Å²) in [5.74, 6) is 0.102. The number of nitrogens with two attached hydrogens (primary N) is 2. The summed E-state index contributed by atoms with van der Waals surface area (Å²) in [4.78, 5) is 3.85. The normalized spacial score (nSPS) is 20.8. The van der Waals surface area contributed by atoms with Crippen LogP contribution in [-0.2, 0) is 6.54 Å². The molecule has 2 aliphatic rings. The average Bonchev–Trinajstić information content (AvgIpc) is 2.93. The van der Waals surface area contributed by atoms with Crippen LogP contribution in [-0.4, -0.2) is 16.7 Å². The van der Waals surface area contributed by atoms with Crippen molar-refractivity contribution < 1.29 is 13.2 Å². The molecule has 2 heterocycles. The Bertz CT molecular complexity index is 987. The van der Waals surface area contributed by atoms with Crippen LogP contribution in [0.5, 0.6) is 0 Å². The summed E-state index contributed by atoms with van der Waals surface area (Å²) >= 11 is 0. The number of nitrogens with zero attached hydrogens (tertiary/aromatic N) is 2. The van der Waals surface area contributed by atoms with Crippen molar-refractivity contribution >= 4 is 22.9 Å². The highest BCUT2D eigenvalue weighted by molar-refractivity contribution is 5.88. The molecule has 0 saturated heterocycles. The lowest BCUT2D eigenvalue weighted by atomic mass is 10.0. The Balaban J connectivity index is 2.40. The van der Waals surface area contributed by atoms with Gasteiger partial charge in [0.2, 0.25) is 0 Å². The first kappa shape index (κ1) is 17.7. The molecule has 0 bridgehead atoms. The molecule has 3 rings (SSSR count). The van der Waals surface area contributed by atoms with Crippen LogP contribution < -0.4 is 27.5 Å². The number of aromatic nitrogens is 1. The highest BCUT2D eigenvalue weighted by Crippen LogP contribution is 2.18. The van der Waals surface area contributed by atoms with Gasteiger partial charge < -0.3 is 21.4 Å². The summed E-state index contributed by atoms with van der Waals surface area (Å²) < 4.78 is 41.1. The van der Waals surface area contributed by atoms with Crippen molar-refractivity contribution in [1.29, 1.82) is 0 Å². The van der Waals surface area contributed by atoms with Gasteiger partial charge in [-0.25, -0.2) is 4.99 Å². The fourth-order valence-electron chi connectivity index (χ4n) is 2.95. The predicted octanol–water partition coefficient (Wildman–Crippen LogP) is 1.19. The third-order valence-corrected chi connectivity index (χ3v) is 3.96. The van der Waals surface area contributed by atoms with Crippen LogP contribution >= 0.6 is 0 Å². The summed E-state index contributed by atoms with van der Waals surface area (Å²) in [6.07, 6.45) is 6.36. The van der Waals surface area contributed by atoms with Gasteiger partial charge in [-0.3, -0.25) is 0 Å². The Kier molecular flexibility index (Phi) is 4.50. The minimum atomic E-state index is -4.41. The molecule has 26 heavy (non-hydrogen) atoms. The molecule has 0 fully saturated rings. The van der Waals surface area contributed by atoms with E-state index < -0.39 is 12.7 Å². The van der Waals surface area contributed by atoms with Crippen LogP contribution in [0.25, 0.3) is 17.0 Å². The smallest absolute Gasteiger partial charge is 0.399 e. The van der Waals surface area contributed by atoms with E-state index in [9.17, 15) is 13.2 Å². The van der Waals surface area contributed by atoms with Crippen LogP contribution in [0.3, 0.4) is 0 Å².